The molecule has 1 fully saturated rings. The van der Waals surface area contributed by atoms with Crippen LogP contribution in [0, 0.1) is 0 Å². The zero-order valence-electron chi connectivity index (χ0n) is 10.2. The van der Waals surface area contributed by atoms with Gasteiger partial charge < -0.3 is 10.4 Å². The van der Waals surface area contributed by atoms with E-state index in [4.69, 9.17) is 0 Å². The molecule has 0 saturated heterocycles. The molecule has 0 aromatic heterocycles. The zero-order valence-corrected chi connectivity index (χ0v) is 11.0. The highest BCUT2D eigenvalue weighted by molar-refractivity contribution is 8.00. The van der Waals surface area contributed by atoms with Crippen LogP contribution in [0.1, 0.15) is 46.5 Å². The molecule has 0 heterocycles. The summed E-state index contributed by atoms with van der Waals surface area (Å²) in [5, 5.41) is 14.2. The van der Waals surface area contributed by atoms with E-state index < -0.39 is 0 Å². The first-order valence-corrected chi connectivity index (χ1v) is 7.16. The Kier molecular flexibility index (Phi) is 6.02. The Morgan fingerprint density at radius 1 is 1.33 bits per heavy atom. The number of nitrogens with one attached hydrogen (secondary N) is 1. The molecule has 0 bridgehead atoms. The molecule has 0 amide bonds. The molecule has 1 rings (SSSR count). The number of hydrogen-bond donors (Lipinski definition) is 2. The minimum atomic E-state index is -0.195. The summed E-state index contributed by atoms with van der Waals surface area (Å²) in [5.74, 6) is 0. The normalized spacial score (nSPS) is 31.2. The van der Waals surface area contributed by atoms with Crippen LogP contribution in [0.5, 0.6) is 0 Å². The van der Waals surface area contributed by atoms with Gasteiger partial charge in [0.15, 0.2) is 0 Å². The smallest absolute Gasteiger partial charge is 0.0628 e. The third-order valence-corrected chi connectivity index (χ3v) is 4.97. The van der Waals surface area contributed by atoms with Crippen molar-refractivity contribution in [2.24, 2.45) is 0 Å². The summed E-state index contributed by atoms with van der Waals surface area (Å²) < 4.78 is 0. The Bertz CT molecular complexity index is 173. The molecule has 2 N–H and O–H groups in total. The van der Waals surface area contributed by atoms with E-state index in [0.717, 1.165) is 6.54 Å². The van der Waals surface area contributed by atoms with E-state index in [-0.39, 0.29) is 6.10 Å². The highest BCUT2D eigenvalue weighted by Gasteiger charge is 2.27. The van der Waals surface area contributed by atoms with Crippen LogP contribution in [-0.2, 0) is 0 Å². The van der Waals surface area contributed by atoms with Crippen molar-refractivity contribution >= 4 is 11.8 Å². The summed E-state index contributed by atoms with van der Waals surface area (Å²) in [4.78, 5) is 0. The van der Waals surface area contributed by atoms with Gasteiger partial charge in [0.25, 0.3) is 0 Å². The SMILES string of the molecule is CCNC1CCCCC1SC(C)C(C)O. The van der Waals surface area contributed by atoms with Crippen LogP contribution in [0.2, 0.25) is 0 Å². The lowest BCUT2D eigenvalue weighted by molar-refractivity contribution is 0.196. The van der Waals surface area contributed by atoms with E-state index in [1.54, 1.807) is 0 Å². The van der Waals surface area contributed by atoms with Crippen molar-refractivity contribution in [3.63, 3.8) is 0 Å². The fraction of sp³-hybridized carbons (Fsp3) is 1.00. The van der Waals surface area contributed by atoms with Crippen molar-refractivity contribution in [2.75, 3.05) is 6.54 Å². The molecular weight excluding hydrogens is 206 g/mol. The van der Waals surface area contributed by atoms with Crippen LogP contribution in [0.15, 0.2) is 0 Å². The quantitative estimate of drug-likeness (QED) is 0.762. The zero-order chi connectivity index (χ0) is 11.3. The maximum Gasteiger partial charge on any atom is 0.0628 e. The van der Waals surface area contributed by atoms with Crippen LogP contribution < -0.4 is 5.32 Å². The van der Waals surface area contributed by atoms with Crippen molar-refractivity contribution in [1.29, 1.82) is 0 Å². The van der Waals surface area contributed by atoms with Crippen LogP contribution in [0.4, 0.5) is 0 Å². The van der Waals surface area contributed by atoms with E-state index >= 15 is 0 Å². The number of hydrogen-bond acceptors (Lipinski definition) is 3. The monoisotopic (exact) mass is 231 g/mol. The molecule has 0 aromatic carbocycles. The van der Waals surface area contributed by atoms with Crippen molar-refractivity contribution in [3.05, 3.63) is 0 Å². The van der Waals surface area contributed by atoms with Crippen molar-refractivity contribution in [3.8, 4) is 0 Å². The Labute approximate surface area is 98.2 Å². The van der Waals surface area contributed by atoms with Gasteiger partial charge >= 0.3 is 0 Å². The van der Waals surface area contributed by atoms with E-state index in [2.05, 4.69) is 19.2 Å². The first-order valence-electron chi connectivity index (χ1n) is 6.22. The average Bonchev–Trinajstić information content (AvgIpc) is 2.21. The van der Waals surface area contributed by atoms with Gasteiger partial charge in [0.05, 0.1) is 6.10 Å². The molecule has 0 aliphatic heterocycles. The molecule has 15 heavy (non-hydrogen) atoms. The second-order valence-corrected chi connectivity index (χ2v) is 6.19. The summed E-state index contributed by atoms with van der Waals surface area (Å²) in [6, 6.07) is 0.662. The molecule has 1 aliphatic carbocycles. The number of rotatable bonds is 5. The lowest BCUT2D eigenvalue weighted by Crippen LogP contribution is -2.41. The fourth-order valence-corrected chi connectivity index (χ4v) is 3.65. The van der Waals surface area contributed by atoms with Crippen molar-refractivity contribution < 1.29 is 5.11 Å². The van der Waals surface area contributed by atoms with E-state index in [1.165, 1.54) is 25.7 Å². The van der Waals surface area contributed by atoms with Gasteiger partial charge in [0.1, 0.15) is 0 Å². The van der Waals surface area contributed by atoms with Gasteiger partial charge in [-0.1, -0.05) is 26.7 Å². The van der Waals surface area contributed by atoms with E-state index in [0.29, 0.717) is 16.5 Å². The minimum absolute atomic E-state index is 0.195. The van der Waals surface area contributed by atoms with Gasteiger partial charge in [-0.3, -0.25) is 0 Å². The van der Waals surface area contributed by atoms with Crippen LogP contribution >= 0.6 is 11.8 Å². The first kappa shape index (κ1) is 13.3. The second kappa shape index (κ2) is 6.77. The molecule has 1 saturated carbocycles. The summed E-state index contributed by atoms with van der Waals surface area (Å²) in [5.41, 5.74) is 0. The summed E-state index contributed by atoms with van der Waals surface area (Å²) >= 11 is 1.96. The Balaban J connectivity index is 2.41. The van der Waals surface area contributed by atoms with E-state index in [9.17, 15) is 5.11 Å². The van der Waals surface area contributed by atoms with Gasteiger partial charge in [0.2, 0.25) is 0 Å². The number of aliphatic hydroxyl groups is 1. The van der Waals surface area contributed by atoms with Crippen molar-refractivity contribution in [2.45, 2.75) is 69.1 Å². The number of aliphatic hydroxyl groups excluding tert-OH is 1. The summed E-state index contributed by atoms with van der Waals surface area (Å²) in [6.07, 6.45) is 5.13. The van der Waals surface area contributed by atoms with Gasteiger partial charge in [-0.2, -0.15) is 11.8 Å². The highest BCUT2D eigenvalue weighted by atomic mass is 32.2. The van der Waals surface area contributed by atoms with Gasteiger partial charge in [-0.15, -0.1) is 0 Å². The van der Waals surface area contributed by atoms with Crippen LogP contribution in [0.3, 0.4) is 0 Å². The van der Waals surface area contributed by atoms with Gasteiger partial charge in [-0.05, 0) is 26.3 Å². The Hall–Kier alpha value is 0.270. The molecule has 1 aliphatic rings. The fourth-order valence-electron chi connectivity index (χ4n) is 2.14. The lowest BCUT2D eigenvalue weighted by atomic mass is 9.95. The van der Waals surface area contributed by atoms with Gasteiger partial charge in [-0.25, -0.2) is 0 Å². The summed E-state index contributed by atoms with van der Waals surface area (Å²) in [6.45, 7) is 7.26. The lowest BCUT2D eigenvalue weighted by Gasteiger charge is -2.34. The predicted molar refractivity (Wildman–Crippen MR) is 68.5 cm³/mol. The van der Waals surface area contributed by atoms with E-state index in [1.807, 2.05) is 18.7 Å². The maximum absolute atomic E-state index is 9.53. The topological polar surface area (TPSA) is 32.3 Å². The Morgan fingerprint density at radius 3 is 2.60 bits per heavy atom. The molecule has 4 atom stereocenters. The molecule has 0 spiro atoms. The largest absolute Gasteiger partial charge is 0.392 e. The summed E-state index contributed by atoms with van der Waals surface area (Å²) in [7, 11) is 0. The first-order chi connectivity index (χ1) is 7.15. The minimum Gasteiger partial charge on any atom is -0.392 e. The maximum atomic E-state index is 9.53. The molecule has 0 radical (unpaired) electrons. The predicted octanol–water partition coefficient (Wildman–Crippen LogP) is 2.41. The molecule has 90 valence electrons. The Morgan fingerprint density at radius 2 is 2.00 bits per heavy atom. The standard InChI is InChI=1S/C12H25NOS/c1-4-13-11-7-5-6-8-12(11)15-10(3)9(2)14/h9-14H,4-8H2,1-3H3. The molecule has 2 nitrogen and oxygen atoms in total. The van der Waals surface area contributed by atoms with Gasteiger partial charge in [0, 0.05) is 16.5 Å². The third-order valence-electron chi connectivity index (χ3n) is 3.24. The molecular formula is C12H25NOS. The molecule has 4 unspecified atom stereocenters. The number of thioether (sulfide) groups is 1. The van der Waals surface area contributed by atoms with Crippen LogP contribution in [0.25, 0.3) is 0 Å². The highest BCUT2D eigenvalue weighted by Crippen LogP contribution is 2.32. The molecule has 0 aromatic rings. The average molecular weight is 231 g/mol. The molecule has 3 heteroatoms. The second-order valence-electron chi connectivity index (χ2n) is 4.57. The third kappa shape index (κ3) is 4.33. The van der Waals surface area contributed by atoms with Crippen LogP contribution in [-0.4, -0.2) is 34.3 Å². The van der Waals surface area contributed by atoms with Crippen molar-refractivity contribution in [1.82, 2.24) is 5.32 Å².